The molecule has 0 aromatic heterocycles. The molecule has 102 valence electrons. The van der Waals surface area contributed by atoms with Crippen molar-refractivity contribution in [3.05, 3.63) is 65.2 Å². The minimum absolute atomic E-state index is 0.101. The number of nitrogens with zero attached hydrogens (tertiary/aromatic N) is 1. The highest BCUT2D eigenvalue weighted by Crippen LogP contribution is 2.12. The third kappa shape index (κ3) is 3.44. The Hall–Kier alpha value is -2.16. The third-order valence-electron chi connectivity index (χ3n) is 2.86. The van der Waals surface area contributed by atoms with Crippen LogP contribution in [0, 0.1) is 18.3 Å². The smallest absolute Gasteiger partial charge is 0.207 e. The third-order valence-corrected chi connectivity index (χ3v) is 4.26. The maximum atomic E-state index is 12.1. The van der Waals surface area contributed by atoms with E-state index in [1.54, 1.807) is 12.1 Å². The molecule has 0 aliphatic rings. The van der Waals surface area contributed by atoms with Crippen molar-refractivity contribution in [2.45, 2.75) is 18.4 Å². The van der Waals surface area contributed by atoms with Crippen LogP contribution in [0.4, 0.5) is 0 Å². The van der Waals surface area contributed by atoms with Crippen molar-refractivity contribution >= 4 is 10.0 Å². The highest BCUT2D eigenvalue weighted by molar-refractivity contribution is 7.89. The largest absolute Gasteiger partial charge is 0.240 e. The van der Waals surface area contributed by atoms with E-state index in [0.717, 1.165) is 11.1 Å². The molecule has 0 spiro atoms. The second-order valence-corrected chi connectivity index (χ2v) is 6.22. The number of hydrogen-bond acceptors (Lipinski definition) is 3. The van der Waals surface area contributed by atoms with Gasteiger partial charge in [0, 0.05) is 6.54 Å². The Bertz CT molecular complexity index is 744. The predicted octanol–water partition coefficient (Wildman–Crippen LogP) is 2.35. The molecule has 0 heterocycles. The van der Waals surface area contributed by atoms with Crippen LogP contribution in [-0.4, -0.2) is 8.42 Å². The van der Waals surface area contributed by atoms with Gasteiger partial charge in [-0.15, -0.1) is 0 Å². The molecule has 2 rings (SSSR count). The molecule has 0 fully saturated rings. The molecule has 0 saturated heterocycles. The summed E-state index contributed by atoms with van der Waals surface area (Å²) in [6.07, 6.45) is 0. The molecule has 0 atom stereocenters. The summed E-state index contributed by atoms with van der Waals surface area (Å²) in [5, 5.41) is 8.80. The molecular formula is C15H14N2O2S. The standard InChI is InChI=1S/C15H14N2O2S/c1-12-5-7-13(8-6-12)11-17-20(18,19)15-4-2-3-14(9-15)10-16/h2-9,17H,11H2,1H3. The number of rotatable bonds is 4. The summed E-state index contributed by atoms with van der Waals surface area (Å²) >= 11 is 0. The van der Waals surface area contributed by atoms with Gasteiger partial charge in [-0.25, -0.2) is 13.1 Å². The van der Waals surface area contributed by atoms with Gasteiger partial charge in [0.05, 0.1) is 16.5 Å². The zero-order valence-electron chi connectivity index (χ0n) is 11.0. The minimum atomic E-state index is -3.60. The molecular weight excluding hydrogens is 272 g/mol. The second kappa shape index (κ2) is 5.87. The molecule has 4 nitrogen and oxygen atoms in total. The topological polar surface area (TPSA) is 70.0 Å². The summed E-state index contributed by atoms with van der Waals surface area (Å²) in [6, 6.07) is 15.5. The van der Waals surface area contributed by atoms with Gasteiger partial charge in [-0.3, -0.25) is 0 Å². The van der Waals surface area contributed by atoms with Crippen LogP contribution in [-0.2, 0) is 16.6 Å². The van der Waals surface area contributed by atoms with Crippen LogP contribution < -0.4 is 4.72 Å². The van der Waals surface area contributed by atoms with Crippen molar-refractivity contribution in [1.82, 2.24) is 4.72 Å². The Morgan fingerprint density at radius 1 is 1.15 bits per heavy atom. The maximum Gasteiger partial charge on any atom is 0.240 e. The average Bonchev–Trinajstić information content (AvgIpc) is 2.47. The highest BCUT2D eigenvalue weighted by atomic mass is 32.2. The van der Waals surface area contributed by atoms with Crippen molar-refractivity contribution in [3.8, 4) is 6.07 Å². The van der Waals surface area contributed by atoms with Gasteiger partial charge in [-0.1, -0.05) is 35.9 Å². The van der Waals surface area contributed by atoms with Crippen LogP contribution in [0.15, 0.2) is 53.4 Å². The van der Waals surface area contributed by atoms with Crippen LogP contribution in [0.25, 0.3) is 0 Å². The minimum Gasteiger partial charge on any atom is -0.207 e. The van der Waals surface area contributed by atoms with E-state index in [4.69, 9.17) is 5.26 Å². The summed E-state index contributed by atoms with van der Waals surface area (Å²) in [6.45, 7) is 2.20. The molecule has 5 heteroatoms. The lowest BCUT2D eigenvalue weighted by Crippen LogP contribution is -2.23. The molecule has 1 N–H and O–H groups in total. The molecule has 0 aliphatic carbocycles. The summed E-state index contributed by atoms with van der Waals surface area (Å²) < 4.78 is 26.8. The first kappa shape index (κ1) is 14.3. The molecule has 2 aromatic carbocycles. The number of nitrogens with one attached hydrogen (secondary N) is 1. The molecule has 0 amide bonds. The Labute approximate surface area is 118 Å². The van der Waals surface area contributed by atoms with Crippen LogP contribution in [0.3, 0.4) is 0 Å². The van der Waals surface area contributed by atoms with Gasteiger partial charge in [0.25, 0.3) is 0 Å². The van der Waals surface area contributed by atoms with E-state index in [9.17, 15) is 8.42 Å². The maximum absolute atomic E-state index is 12.1. The highest BCUT2D eigenvalue weighted by Gasteiger charge is 2.13. The van der Waals surface area contributed by atoms with E-state index in [-0.39, 0.29) is 11.4 Å². The van der Waals surface area contributed by atoms with Gasteiger partial charge in [-0.05, 0) is 30.7 Å². The fraction of sp³-hybridized carbons (Fsp3) is 0.133. The molecule has 20 heavy (non-hydrogen) atoms. The number of aryl methyl sites for hydroxylation is 1. The number of sulfonamides is 1. The average molecular weight is 286 g/mol. The van der Waals surface area contributed by atoms with Crippen molar-refractivity contribution in [2.24, 2.45) is 0 Å². The lowest BCUT2D eigenvalue weighted by molar-refractivity contribution is 0.581. The number of hydrogen-bond donors (Lipinski definition) is 1. The first-order chi connectivity index (χ1) is 9.51. The predicted molar refractivity (Wildman–Crippen MR) is 76.4 cm³/mol. The van der Waals surface area contributed by atoms with Gasteiger partial charge >= 0.3 is 0 Å². The Balaban J connectivity index is 2.15. The Morgan fingerprint density at radius 2 is 1.85 bits per heavy atom. The van der Waals surface area contributed by atoms with E-state index < -0.39 is 10.0 Å². The lowest BCUT2D eigenvalue weighted by Gasteiger charge is -2.07. The number of nitriles is 1. The van der Waals surface area contributed by atoms with E-state index in [1.807, 2.05) is 37.3 Å². The molecule has 0 aliphatic heterocycles. The quantitative estimate of drug-likeness (QED) is 0.938. The van der Waals surface area contributed by atoms with Crippen molar-refractivity contribution in [1.29, 1.82) is 5.26 Å². The monoisotopic (exact) mass is 286 g/mol. The molecule has 2 aromatic rings. The Morgan fingerprint density at radius 3 is 2.50 bits per heavy atom. The Kier molecular flexibility index (Phi) is 4.18. The molecule has 0 unspecified atom stereocenters. The van der Waals surface area contributed by atoms with E-state index in [0.29, 0.717) is 5.56 Å². The van der Waals surface area contributed by atoms with E-state index >= 15 is 0 Å². The second-order valence-electron chi connectivity index (χ2n) is 4.45. The van der Waals surface area contributed by atoms with Gasteiger partial charge in [0.2, 0.25) is 10.0 Å². The lowest BCUT2D eigenvalue weighted by atomic mass is 10.2. The summed E-state index contributed by atoms with van der Waals surface area (Å²) in [7, 11) is -3.60. The number of benzene rings is 2. The van der Waals surface area contributed by atoms with Gasteiger partial charge in [-0.2, -0.15) is 5.26 Å². The fourth-order valence-corrected chi connectivity index (χ4v) is 2.76. The normalized spacial score (nSPS) is 11.0. The molecule has 0 saturated carbocycles. The summed E-state index contributed by atoms with van der Waals surface area (Å²) in [4.78, 5) is 0.101. The van der Waals surface area contributed by atoms with E-state index in [1.165, 1.54) is 12.1 Å². The van der Waals surface area contributed by atoms with Crippen LogP contribution in [0.2, 0.25) is 0 Å². The van der Waals surface area contributed by atoms with Crippen LogP contribution >= 0.6 is 0 Å². The zero-order chi connectivity index (χ0) is 14.6. The van der Waals surface area contributed by atoms with Gasteiger partial charge in [0.15, 0.2) is 0 Å². The first-order valence-corrected chi connectivity index (χ1v) is 7.55. The van der Waals surface area contributed by atoms with E-state index in [2.05, 4.69) is 4.72 Å². The van der Waals surface area contributed by atoms with Crippen molar-refractivity contribution < 1.29 is 8.42 Å². The van der Waals surface area contributed by atoms with Crippen molar-refractivity contribution in [3.63, 3.8) is 0 Å². The van der Waals surface area contributed by atoms with Gasteiger partial charge < -0.3 is 0 Å². The summed E-state index contributed by atoms with van der Waals surface area (Å²) in [5.74, 6) is 0. The van der Waals surface area contributed by atoms with Crippen LogP contribution in [0.5, 0.6) is 0 Å². The molecule has 0 bridgehead atoms. The molecule has 0 radical (unpaired) electrons. The van der Waals surface area contributed by atoms with Crippen molar-refractivity contribution in [2.75, 3.05) is 0 Å². The van der Waals surface area contributed by atoms with Crippen LogP contribution in [0.1, 0.15) is 16.7 Å². The summed E-state index contributed by atoms with van der Waals surface area (Å²) in [5.41, 5.74) is 2.33. The van der Waals surface area contributed by atoms with Gasteiger partial charge in [0.1, 0.15) is 0 Å². The SMILES string of the molecule is Cc1ccc(CNS(=O)(=O)c2cccc(C#N)c2)cc1. The fourth-order valence-electron chi connectivity index (χ4n) is 1.70. The first-order valence-electron chi connectivity index (χ1n) is 6.07. The zero-order valence-corrected chi connectivity index (χ0v) is 11.8.